The third-order valence-electron chi connectivity index (χ3n) is 4.10. The second-order valence-electron chi connectivity index (χ2n) is 5.77. The van der Waals surface area contributed by atoms with Gasteiger partial charge in [-0.25, -0.2) is 0 Å². The number of amides is 1. The van der Waals surface area contributed by atoms with E-state index in [-0.39, 0.29) is 11.7 Å². The molecule has 3 heterocycles. The molecule has 0 aliphatic rings. The minimum atomic E-state index is -0.215. The van der Waals surface area contributed by atoms with Gasteiger partial charge in [0, 0.05) is 12.7 Å². The Morgan fingerprint density at radius 3 is 2.88 bits per heavy atom. The van der Waals surface area contributed by atoms with E-state index in [4.69, 9.17) is 4.42 Å². The van der Waals surface area contributed by atoms with Gasteiger partial charge in [-0.3, -0.25) is 4.79 Å². The molecule has 0 radical (unpaired) electrons. The van der Waals surface area contributed by atoms with Crippen LogP contribution in [0.25, 0.3) is 0 Å². The van der Waals surface area contributed by atoms with Gasteiger partial charge in [-0.1, -0.05) is 11.8 Å². The highest BCUT2D eigenvalue weighted by Crippen LogP contribution is 2.27. The van der Waals surface area contributed by atoms with Gasteiger partial charge in [-0.2, -0.15) is 5.26 Å². The van der Waals surface area contributed by atoms with Gasteiger partial charge in [0.25, 0.3) is 0 Å². The molecule has 26 heavy (non-hydrogen) atoms. The molecule has 0 saturated heterocycles. The number of aryl methyl sites for hydroxylation is 1. The van der Waals surface area contributed by atoms with Crippen LogP contribution in [0.1, 0.15) is 22.6 Å². The summed E-state index contributed by atoms with van der Waals surface area (Å²) in [6.07, 6.45) is 3.18. The number of nitrogens with one attached hydrogen (secondary N) is 1. The first kappa shape index (κ1) is 17.8. The Morgan fingerprint density at radius 2 is 2.27 bits per heavy atom. The molecule has 0 aliphatic carbocycles. The van der Waals surface area contributed by atoms with E-state index < -0.39 is 0 Å². The lowest BCUT2D eigenvalue weighted by Gasteiger charge is -2.11. The van der Waals surface area contributed by atoms with Gasteiger partial charge in [0.15, 0.2) is 5.16 Å². The quantitative estimate of drug-likeness (QED) is 0.669. The van der Waals surface area contributed by atoms with E-state index in [9.17, 15) is 10.1 Å². The molecule has 1 N–H and O–H groups in total. The van der Waals surface area contributed by atoms with Crippen molar-refractivity contribution in [3.63, 3.8) is 0 Å². The molecule has 134 valence electrons. The molecule has 0 unspecified atom stereocenters. The normalized spacial score (nSPS) is 10.7. The molecule has 3 aromatic rings. The topological polar surface area (TPSA) is 102 Å². The lowest BCUT2D eigenvalue weighted by atomic mass is 10.2. The lowest BCUT2D eigenvalue weighted by molar-refractivity contribution is -0.113. The number of rotatable bonds is 6. The van der Waals surface area contributed by atoms with Crippen LogP contribution in [-0.4, -0.2) is 31.0 Å². The third kappa shape index (κ3) is 3.50. The first-order valence-corrected chi connectivity index (χ1v) is 8.88. The number of carbonyl (C=O) groups is 1. The van der Waals surface area contributed by atoms with E-state index in [0.717, 1.165) is 17.0 Å². The van der Waals surface area contributed by atoms with Crippen molar-refractivity contribution in [3.05, 3.63) is 47.3 Å². The van der Waals surface area contributed by atoms with Crippen molar-refractivity contribution in [3.8, 4) is 6.07 Å². The van der Waals surface area contributed by atoms with Crippen LogP contribution in [0.2, 0.25) is 0 Å². The maximum absolute atomic E-state index is 12.4. The van der Waals surface area contributed by atoms with Crippen molar-refractivity contribution in [1.29, 1.82) is 5.26 Å². The molecule has 8 nitrogen and oxygen atoms in total. The van der Waals surface area contributed by atoms with Gasteiger partial charge in [0.05, 0.1) is 24.1 Å². The smallest absolute Gasteiger partial charge is 0.235 e. The van der Waals surface area contributed by atoms with E-state index in [1.165, 1.54) is 11.8 Å². The Bertz CT molecular complexity index is 964. The number of anilines is 1. The number of carbonyl (C=O) groups excluding carboxylic acids is 1. The van der Waals surface area contributed by atoms with E-state index in [2.05, 4.69) is 21.6 Å². The Balaban J connectivity index is 1.81. The van der Waals surface area contributed by atoms with Gasteiger partial charge < -0.3 is 18.9 Å². The highest BCUT2D eigenvalue weighted by molar-refractivity contribution is 7.99. The molecule has 3 rings (SSSR count). The third-order valence-corrected chi connectivity index (χ3v) is 5.13. The van der Waals surface area contributed by atoms with E-state index in [0.29, 0.717) is 23.1 Å². The summed E-state index contributed by atoms with van der Waals surface area (Å²) in [5.41, 5.74) is 2.22. The number of aromatic nitrogens is 4. The number of hydrogen-bond acceptors (Lipinski definition) is 6. The second-order valence-corrected chi connectivity index (χ2v) is 6.72. The predicted molar refractivity (Wildman–Crippen MR) is 96.8 cm³/mol. The highest BCUT2D eigenvalue weighted by atomic mass is 32.2. The van der Waals surface area contributed by atoms with Crippen LogP contribution >= 0.6 is 11.8 Å². The molecule has 0 spiro atoms. The Kier molecular flexibility index (Phi) is 5.14. The number of furan rings is 1. The Morgan fingerprint density at radius 1 is 1.46 bits per heavy atom. The number of hydrogen-bond donors (Lipinski definition) is 1. The summed E-state index contributed by atoms with van der Waals surface area (Å²) in [6, 6.07) is 5.85. The van der Waals surface area contributed by atoms with Crippen LogP contribution < -0.4 is 5.32 Å². The average molecular weight is 370 g/mol. The fourth-order valence-electron chi connectivity index (χ4n) is 2.59. The first-order valence-electron chi connectivity index (χ1n) is 7.90. The summed E-state index contributed by atoms with van der Waals surface area (Å²) in [7, 11) is 1.81. The summed E-state index contributed by atoms with van der Waals surface area (Å²) in [5.74, 6) is 1.19. The van der Waals surface area contributed by atoms with Crippen molar-refractivity contribution >= 4 is 23.5 Å². The van der Waals surface area contributed by atoms with Crippen molar-refractivity contribution in [1.82, 2.24) is 19.3 Å². The zero-order valence-electron chi connectivity index (χ0n) is 14.7. The second kappa shape index (κ2) is 7.49. The van der Waals surface area contributed by atoms with Crippen LogP contribution in [0.4, 0.5) is 5.82 Å². The Hall–Kier alpha value is -2.99. The van der Waals surface area contributed by atoms with E-state index in [1.54, 1.807) is 17.2 Å². The van der Waals surface area contributed by atoms with Gasteiger partial charge in [0.2, 0.25) is 5.91 Å². The fraction of sp³-hybridized carbons (Fsp3) is 0.294. The number of nitriles is 1. The van der Waals surface area contributed by atoms with Crippen molar-refractivity contribution in [2.24, 2.45) is 7.05 Å². The Labute approximate surface area is 154 Å². The SMILES string of the molecule is Cc1c(C#N)c(NC(=O)CSc2nncn2C)n(Cc2ccco2)c1C. The van der Waals surface area contributed by atoms with Gasteiger partial charge >= 0.3 is 0 Å². The van der Waals surface area contributed by atoms with Gasteiger partial charge in [-0.15, -0.1) is 10.2 Å². The van der Waals surface area contributed by atoms with Crippen molar-refractivity contribution < 1.29 is 9.21 Å². The molecule has 0 aliphatic heterocycles. The van der Waals surface area contributed by atoms with Gasteiger partial charge in [-0.05, 0) is 31.5 Å². The number of nitrogens with zero attached hydrogens (tertiary/aromatic N) is 5. The molecule has 0 aromatic carbocycles. The van der Waals surface area contributed by atoms with Crippen LogP contribution in [0.15, 0.2) is 34.3 Å². The van der Waals surface area contributed by atoms with Crippen LogP contribution in [0, 0.1) is 25.2 Å². The van der Waals surface area contributed by atoms with Crippen LogP contribution in [0.5, 0.6) is 0 Å². The maximum atomic E-state index is 12.4. The van der Waals surface area contributed by atoms with E-state index in [1.807, 2.05) is 37.6 Å². The summed E-state index contributed by atoms with van der Waals surface area (Å²) in [4.78, 5) is 12.4. The maximum Gasteiger partial charge on any atom is 0.235 e. The summed E-state index contributed by atoms with van der Waals surface area (Å²) >= 11 is 1.28. The van der Waals surface area contributed by atoms with Crippen molar-refractivity contribution in [2.45, 2.75) is 25.5 Å². The van der Waals surface area contributed by atoms with Crippen molar-refractivity contribution in [2.75, 3.05) is 11.1 Å². The summed E-state index contributed by atoms with van der Waals surface area (Å²) in [5, 5.41) is 20.8. The molecule has 9 heteroatoms. The largest absolute Gasteiger partial charge is 0.467 e. The van der Waals surface area contributed by atoms with Crippen LogP contribution in [0.3, 0.4) is 0 Å². The summed E-state index contributed by atoms with van der Waals surface area (Å²) in [6.45, 7) is 4.23. The molecular weight excluding hydrogens is 352 g/mol. The molecule has 1 amide bonds. The molecule has 0 atom stereocenters. The molecule has 0 saturated carbocycles. The fourth-order valence-corrected chi connectivity index (χ4v) is 3.28. The summed E-state index contributed by atoms with van der Waals surface area (Å²) < 4.78 is 9.04. The highest BCUT2D eigenvalue weighted by Gasteiger charge is 2.20. The van der Waals surface area contributed by atoms with Crippen LogP contribution in [-0.2, 0) is 18.4 Å². The van der Waals surface area contributed by atoms with Gasteiger partial charge in [0.1, 0.15) is 24.0 Å². The van der Waals surface area contributed by atoms with E-state index >= 15 is 0 Å². The average Bonchev–Trinajstić information content (AvgIpc) is 3.32. The lowest BCUT2D eigenvalue weighted by Crippen LogP contribution is -2.18. The molecule has 3 aromatic heterocycles. The first-order chi connectivity index (χ1) is 12.5. The standard InChI is InChI=1S/C17H18N6O2S/c1-11-12(2)23(8-13-5-4-6-25-13)16(14(11)7-18)20-15(24)9-26-17-21-19-10-22(17)3/h4-6,10H,8-9H2,1-3H3,(H,20,24). The molecule has 0 bridgehead atoms. The monoisotopic (exact) mass is 370 g/mol. The zero-order valence-corrected chi connectivity index (χ0v) is 15.5. The molecule has 0 fully saturated rings. The minimum absolute atomic E-state index is 0.168. The predicted octanol–water partition coefficient (Wildman–Crippen LogP) is 2.48. The molecular formula is C17H18N6O2S. The number of thioether (sulfide) groups is 1. The zero-order chi connectivity index (χ0) is 18.7. The minimum Gasteiger partial charge on any atom is -0.467 e.